The van der Waals surface area contributed by atoms with Crippen molar-refractivity contribution in [3.05, 3.63) is 16.6 Å². The van der Waals surface area contributed by atoms with Crippen LogP contribution in [0.3, 0.4) is 0 Å². The maximum Gasteiger partial charge on any atom is 0.423 e. The standard InChI is InChI=1S/C20H31F3N2O6S2/c1-17(2,3)30-14(26)13(25-16(27)31-18(4,5)6)7-11-33(29)12-8-19(28,20(21,22)23)15-24-9-10-32-15/h9-10,13,28H,7-8,11-12H2,1-6H3,(H,25,27). The van der Waals surface area contributed by atoms with Crippen LogP contribution in [0.4, 0.5) is 18.0 Å². The molecule has 1 aromatic heterocycles. The first-order valence-corrected chi connectivity index (χ1v) is 12.5. The van der Waals surface area contributed by atoms with Crippen LogP contribution in [0.15, 0.2) is 11.6 Å². The van der Waals surface area contributed by atoms with Gasteiger partial charge in [0.25, 0.3) is 0 Å². The molecule has 0 saturated heterocycles. The quantitative estimate of drug-likeness (QED) is 0.482. The van der Waals surface area contributed by atoms with E-state index < -0.39 is 69.1 Å². The Kier molecular flexibility index (Phi) is 9.88. The number of hydrogen-bond acceptors (Lipinski definition) is 8. The number of alkyl carbamates (subject to hydrolysis) is 1. The van der Waals surface area contributed by atoms with Crippen LogP contribution < -0.4 is 5.32 Å². The molecule has 0 spiro atoms. The molecule has 0 fully saturated rings. The summed E-state index contributed by atoms with van der Waals surface area (Å²) in [6.07, 6.45) is -5.79. The van der Waals surface area contributed by atoms with E-state index >= 15 is 0 Å². The van der Waals surface area contributed by atoms with E-state index in [9.17, 15) is 32.1 Å². The SMILES string of the molecule is CC(C)(C)OC(=O)NC(CCS(=O)CCC(O)(c1nccs1)C(F)(F)F)C(=O)OC(C)(C)C. The van der Waals surface area contributed by atoms with Crippen molar-refractivity contribution in [2.24, 2.45) is 0 Å². The van der Waals surface area contributed by atoms with Crippen molar-refractivity contribution in [2.45, 2.75) is 83.4 Å². The highest BCUT2D eigenvalue weighted by molar-refractivity contribution is 7.84. The van der Waals surface area contributed by atoms with Crippen LogP contribution in [0.2, 0.25) is 0 Å². The number of amides is 1. The second-order valence-electron chi connectivity index (χ2n) is 9.31. The summed E-state index contributed by atoms with van der Waals surface area (Å²) in [5, 5.41) is 13.3. The lowest BCUT2D eigenvalue weighted by Crippen LogP contribution is -2.46. The Labute approximate surface area is 197 Å². The number of aliphatic hydroxyl groups is 1. The molecule has 190 valence electrons. The van der Waals surface area contributed by atoms with E-state index in [0.717, 1.165) is 6.20 Å². The number of nitrogens with one attached hydrogen (secondary N) is 1. The molecule has 0 aliphatic carbocycles. The van der Waals surface area contributed by atoms with Crippen molar-refractivity contribution in [3.8, 4) is 0 Å². The molecule has 0 bridgehead atoms. The van der Waals surface area contributed by atoms with Crippen LogP contribution in [0, 0.1) is 0 Å². The third-order valence-corrected chi connectivity index (χ3v) is 6.24. The van der Waals surface area contributed by atoms with E-state index in [2.05, 4.69) is 10.3 Å². The van der Waals surface area contributed by atoms with Crippen LogP contribution in [0.5, 0.6) is 0 Å². The molecule has 0 aliphatic rings. The predicted molar refractivity (Wildman–Crippen MR) is 118 cm³/mol. The molecule has 0 radical (unpaired) electrons. The van der Waals surface area contributed by atoms with Gasteiger partial charge in [0, 0.05) is 40.3 Å². The molecule has 1 amide bonds. The summed E-state index contributed by atoms with van der Waals surface area (Å²) in [6.45, 7) is 9.79. The Bertz CT molecular complexity index is 819. The highest BCUT2D eigenvalue weighted by atomic mass is 32.2. The van der Waals surface area contributed by atoms with Gasteiger partial charge in [0.05, 0.1) is 0 Å². The van der Waals surface area contributed by atoms with Crippen LogP contribution in [0.1, 0.15) is 59.4 Å². The van der Waals surface area contributed by atoms with Gasteiger partial charge < -0.3 is 19.9 Å². The first kappa shape index (κ1) is 29.3. The zero-order chi connectivity index (χ0) is 25.7. The van der Waals surface area contributed by atoms with Gasteiger partial charge in [-0.2, -0.15) is 13.2 Å². The molecular formula is C20H31F3N2O6S2. The maximum atomic E-state index is 13.5. The molecule has 1 heterocycles. The van der Waals surface area contributed by atoms with Crippen molar-refractivity contribution in [1.82, 2.24) is 10.3 Å². The monoisotopic (exact) mass is 516 g/mol. The van der Waals surface area contributed by atoms with Gasteiger partial charge in [-0.15, -0.1) is 11.3 Å². The zero-order valence-corrected chi connectivity index (χ0v) is 21.1. The molecule has 33 heavy (non-hydrogen) atoms. The minimum Gasteiger partial charge on any atom is -0.458 e. The fraction of sp³-hybridized carbons (Fsp3) is 0.750. The van der Waals surface area contributed by atoms with Crippen molar-refractivity contribution in [2.75, 3.05) is 11.5 Å². The molecule has 13 heteroatoms. The zero-order valence-electron chi connectivity index (χ0n) is 19.4. The molecule has 1 rings (SSSR count). The first-order valence-electron chi connectivity index (χ1n) is 10.1. The van der Waals surface area contributed by atoms with Gasteiger partial charge in [-0.25, -0.2) is 14.6 Å². The normalized spacial score (nSPS) is 16.4. The number of esters is 1. The molecule has 1 aromatic rings. The van der Waals surface area contributed by atoms with E-state index in [4.69, 9.17) is 9.47 Å². The number of nitrogens with zero attached hydrogens (tertiary/aromatic N) is 1. The lowest BCUT2D eigenvalue weighted by atomic mass is 10.0. The number of rotatable bonds is 9. The second kappa shape index (κ2) is 11.1. The van der Waals surface area contributed by atoms with E-state index in [1.165, 1.54) is 5.38 Å². The van der Waals surface area contributed by atoms with Crippen LogP contribution >= 0.6 is 11.3 Å². The molecule has 2 N–H and O–H groups in total. The van der Waals surface area contributed by atoms with Crippen LogP contribution in [0.25, 0.3) is 0 Å². The minimum atomic E-state index is -5.01. The number of hydrogen-bond donors (Lipinski definition) is 2. The maximum absolute atomic E-state index is 13.5. The average molecular weight is 517 g/mol. The van der Waals surface area contributed by atoms with Gasteiger partial charge in [0.15, 0.2) is 0 Å². The molecule has 3 atom stereocenters. The number of thiazole rings is 1. The van der Waals surface area contributed by atoms with Gasteiger partial charge in [-0.05, 0) is 48.0 Å². The Hall–Kier alpha value is -1.73. The summed E-state index contributed by atoms with van der Waals surface area (Å²) < 4.78 is 63.2. The second-order valence-corrected chi connectivity index (χ2v) is 11.9. The van der Waals surface area contributed by atoms with E-state index in [-0.39, 0.29) is 12.2 Å². The van der Waals surface area contributed by atoms with Crippen molar-refractivity contribution in [3.63, 3.8) is 0 Å². The smallest absolute Gasteiger partial charge is 0.423 e. The van der Waals surface area contributed by atoms with Crippen molar-refractivity contribution in [1.29, 1.82) is 0 Å². The Morgan fingerprint density at radius 2 is 1.70 bits per heavy atom. The highest BCUT2D eigenvalue weighted by Gasteiger charge is 2.56. The van der Waals surface area contributed by atoms with E-state index in [1.54, 1.807) is 41.5 Å². The molecule has 0 aliphatic heterocycles. The van der Waals surface area contributed by atoms with Crippen LogP contribution in [-0.2, 0) is 30.7 Å². The number of halogens is 3. The lowest BCUT2D eigenvalue weighted by molar-refractivity contribution is -0.267. The third-order valence-electron chi connectivity index (χ3n) is 3.96. The first-order chi connectivity index (χ1) is 14.8. The number of carbonyl (C=O) groups excluding carboxylic acids is 2. The highest BCUT2D eigenvalue weighted by Crippen LogP contribution is 2.42. The topological polar surface area (TPSA) is 115 Å². The fourth-order valence-electron chi connectivity index (χ4n) is 2.48. The average Bonchev–Trinajstić information content (AvgIpc) is 3.14. The van der Waals surface area contributed by atoms with E-state index in [1.807, 2.05) is 0 Å². The van der Waals surface area contributed by atoms with Crippen molar-refractivity contribution < 1.29 is 41.5 Å². The summed E-state index contributed by atoms with van der Waals surface area (Å²) >= 11 is 0.644. The summed E-state index contributed by atoms with van der Waals surface area (Å²) in [6, 6.07) is -1.22. The van der Waals surface area contributed by atoms with Gasteiger partial charge in [-0.3, -0.25) is 4.21 Å². The summed E-state index contributed by atoms with van der Waals surface area (Å²) in [7, 11) is -1.84. The largest absolute Gasteiger partial charge is 0.458 e. The summed E-state index contributed by atoms with van der Waals surface area (Å²) in [5.41, 5.74) is -4.92. The molecular weight excluding hydrogens is 485 g/mol. The predicted octanol–water partition coefficient (Wildman–Crippen LogP) is 3.66. The number of carbonyl (C=O) groups is 2. The van der Waals surface area contributed by atoms with E-state index in [0.29, 0.717) is 11.3 Å². The Balaban J connectivity index is 2.83. The van der Waals surface area contributed by atoms with Crippen LogP contribution in [-0.4, -0.2) is 61.3 Å². The van der Waals surface area contributed by atoms with Gasteiger partial charge >= 0.3 is 18.2 Å². The number of aromatic nitrogens is 1. The van der Waals surface area contributed by atoms with Gasteiger partial charge in [0.1, 0.15) is 22.3 Å². The van der Waals surface area contributed by atoms with Gasteiger partial charge in [-0.1, -0.05) is 0 Å². The Morgan fingerprint density at radius 1 is 1.12 bits per heavy atom. The molecule has 3 unspecified atom stereocenters. The molecule has 0 saturated carbocycles. The number of alkyl halides is 3. The lowest BCUT2D eigenvalue weighted by Gasteiger charge is -2.28. The molecule has 8 nitrogen and oxygen atoms in total. The molecule has 0 aromatic carbocycles. The third kappa shape index (κ3) is 9.97. The van der Waals surface area contributed by atoms with Crippen molar-refractivity contribution >= 4 is 34.2 Å². The minimum absolute atomic E-state index is 0.164. The fourth-order valence-corrected chi connectivity index (χ4v) is 4.49. The Morgan fingerprint density at radius 3 is 2.15 bits per heavy atom. The summed E-state index contributed by atoms with van der Waals surface area (Å²) in [5.74, 6) is -1.51. The number of ether oxygens (including phenoxy) is 2. The summed E-state index contributed by atoms with van der Waals surface area (Å²) in [4.78, 5) is 28.1. The van der Waals surface area contributed by atoms with Gasteiger partial charge in [0.2, 0.25) is 5.60 Å².